The molecular formula is C13H13NO4. The van der Waals surface area contributed by atoms with Crippen LogP contribution in [-0.4, -0.2) is 46.3 Å². The Balaban J connectivity index is 1.93. The fourth-order valence-electron chi connectivity index (χ4n) is 2.25. The zero-order valence-electron chi connectivity index (χ0n) is 9.61. The Morgan fingerprint density at radius 2 is 1.89 bits per heavy atom. The van der Waals surface area contributed by atoms with Crippen molar-refractivity contribution in [3.05, 3.63) is 36.1 Å². The molecule has 2 heterocycles. The number of hydrogen-bond acceptors (Lipinski definition) is 4. The number of fused-ring (bicyclic) bond motifs is 1. The van der Waals surface area contributed by atoms with Crippen LogP contribution in [0.2, 0.25) is 0 Å². The van der Waals surface area contributed by atoms with Crippen LogP contribution >= 0.6 is 0 Å². The Morgan fingerprint density at radius 3 is 2.61 bits per heavy atom. The molecule has 1 aliphatic rings. The fourth-order valence-corrected chi connectivity index (χ4v) is 2.25. The number of benzene rings is 1. The quantitative estimate of drug-likeness (QED) is 0.774. The first-order valence-corrected chi connectivity index (χ1v) is 5.78. The molecule has 3 rings (SSSR count). The standard InChI is InChI=1S/C13H13NO4/c15-10-5-14(6-11(10)16)13(17)9-7-18-12-4-2-1-3-8(9)12/h1-4,7,10-11,15-16H,5-6H2/t10-,11+. The Labute approximate surface area is 103 Å². The molecule has 0 spiro atoms. The number of rotatable bonds is 1. The highest BCUT2D eigenvalue weighted by Gasteiger charge is 2.33. The molecule has 0 bridgehead atoms. The van der Waals surface area contributed by atoms with E-state index in [9.17, 15) is 15.0 Å². The number of aliphatic hydroxyl groups excluding tert-OH is 2. The van der Waals surface area contributed by atoms with Crippen LogP contribution in [0.1, 0.15) is 10.4 Å². The Bertz CT molecular complexity index is 581. The first-order valence-electron chi connectivity index (χ1n) is 5.78. The third-order valence-electron chi connectivity index (χ3n) is 3.26. The van der Waals surface area contributed by atoms with E-state index in [0.29, 0.717) is 11.1 Å². The first kappa shape index (κ1) is 11.3. The normalized spacial score (nSPS) is 23.8. The maximum atomic E-state index is 12.3. The Morgan fingerprint density at radius 1 is 1.22 bits per heavy atom. The van der Waals surface area contributed by atoms with Gasteiger partial charge < -0.3 is 19.5 Å². The minimum absolute atomic E-state index is 0.152. The van der Waals surface area contributed by atoms with Gasteiger partial charge in [-0.3, -0.25) is 4.79 Å². The largest absolute Gasteiger partial charge is 0.463 e. The van der Waals surface area contributed by atoms with E-state index in [2.05, 4.69) is 0 Å². The summed E-state index contributed by atoms with van der Waals surface area (Å²) in [5, 5.41) is 19.7. The maximum Gasteiger partial charge on any atom is 0.257 e. The predicted molar refractivity (Wildman–Crippen MR) is 64.1 cm³/mol. The summed E-state index contributed by atoms with van der Waals surface area (Å²) < 4.78 is 5.31. The molecule has 2 aromatic rings. The van der Waals surface area contributed by atoms with Crippen LogP contribution in [0.25, 0.3) is 11.0 Å². The van der Waals surface area contributed by atoms with Crippen LogP contribution in [0.15, 0.2) is 34.9 Å². The monoisotopic (exact) mass is 247 g/mol. The molecule has 5 nitrogen and oxygen atoms in total. The molecule has 0 aliphatic carbocycles. The topological polar surface area (TPSA) is 73.9 Å². The van der Waals surface area contributed by atoms with Crippen molar-refractivity contribution < 1.29 is 19.4 Å². The van der Waals surface area contributed by atoms with Gasteiger partial charge in [-0.1, -0.05) is 18.2 Å². The molecule has 1 amide bonds. The summed E-state index contributed by atoms with van der Waals surface area (Å²) in [6.07, 6.45) is -0.316. The average molecular weight is 247 g/mol. The number of likely N-dealkylation sites (tertiary alicyclic amines) is 1. The van der Waals surface area contributed by atoms with Crippen molar-refractivity contribution in [2.75, 3.05) is 13.1 Å². The van der Waals surface area contributed by atoms with E-state index in [-0.39, 0.29) is 19.0 Å². The van der Waals surface area contributed by atoms with Crippen molar-refractivity contribution in [2.45, 2.75) is 12.2 Å². The van der Waals surface area contributed by atoms with Gasteiger partial charge in [0, 0.05) is 18.5 Å². The summed E-state index contributed by atoms with van der Waals surface area (Å²) in [5.74, 6) is -0.226. The van der Waals surface area contributed by atoms with Gasteiger partial charge in [0.15, 0.2) is 0 Å². The average Bonchev–Trinajstić information content (AvgIpc) is 2.93. The van der Waals surface area contributed by atoms with Crippen LogP contribution in [0.5, 0.6) is 0 Å². The van der Waals surface area contributed by atoms with E-state index >= 15 is 0 Å². The molecule has 0 unspecified atom stereocenters. The molecule has 1 aromatic carbocycles. The number of aliphatic hydroxyl groups is 2. The van der Waals surface area contributed by atoms with E-state index < -0.39 is 12.2 Å². The lowest BCUT2D eigenvalue weighted by atomic mass is 10.1. The number of amides is 1. The molecule has 1 aliphatic heterocycles. The SMILES string of the molecule is O=C(c1coc2ccccc12)N1C[C@@H](O)[C@@H](O)C1. The molecule has 1 fully saturated rings. The molecule has 2 N–H and O–H groups in total. The second-order valence-corrected chi connectivity index (χ2v) is 4.49. The lowest BCUT2D eigenvalue weighted by Gasteiger charge is -2.14. The number of hydrogen-bond donors (Lipinski definition) is 2. The molecular weight excluding hydrogens is 234 g/mol. The Kier molecular flexibility index (Phi) is 2.57. The van der Waals surface area contributed by atoms with E-state index in [0.717, 1.165) is 5.39 Å². The highest BCUT2D eigenvalue weighted by Crippen LogP contribution is 2.23. The molecule has 2 atom stereocenters. The fraction of sp³-hybridized carbons (Fsp3) is 0.308. The van der Waals surface area contributed by atoms with Crippen molar-refractivity contribution in [1.29, 1.82) is 0 Å². The highest BCUT2D eigenvalue weighted by molar-refractivity contribution is 6.06. The predicted octanol–water partition coefficient (Wildman–Crippen LogP) is 0.610. The van der Waals surface area contributed by atoms with Crippen LogP contribution in [0, 0.1) is 0 Å². The van der Waals surface area contributed by atoms with E-state index in [1.54, 1.807) is 6.07 Å². The zero-order chi connectivity index (χ0) is 12.7. The summed E-state index contributed by atoms with van der Waals surface area (Å²) in [7, 11) is 0. The van der Waals surface area contributed by atoms with Crippen molar-refractivity contribution in [2.24, 2.45) is 0 Å². The first-order chi connectivity index (χ1) is 8.66. The van der Waals surface area contributed by atoms with Gasteiger partial charge in [-0.2, -0.15) is 0 Å². The van der Waals surface area contributed by atoms with Crippen LogP contribution in [0.3, 0.4) is 0 Å². The van der Waals surface area contributed by atoms with Gasteiger partial charge in [0.05, 0.1) is 17.8 Å². The molecule has 0 saturated carbocycles. The summed E-state index contributed by atoms with van der Waals surface area (Å²) in [4.78, 5) is 13.7. The number of nitrogens with zero attached hydrogens (tertiary/aromatic N) is 1. The lowest BCUT2D eigenvalue weighted by molar-refractivity contribution is 0.0572. The summed E-state index contributed by atoms with van der Waals surface area (Å²) in [6, 6.07) is 7.28. The lowest BCUT2D eigenvalue weighted by Crippen LogP contribution is -2.29. The molecule has 1 aromatic heterocycles. The van der Waals surface area contributed by atoms with Crippen molar-refractivity contribution >= 4 is 16.9 Å². The zero-order valence-corrected chi connectivity index (χ0v) is 9.61. The smallest absolute Gasteiger partial charge is 0.257 e. The highest BCUT2D eigenvalue weighted by atomic mass is 16.3. The van der Waals surface area contributed by atoms with Crippen molar-refractivity contribution in [3.63, 3.8) is 0 Å². The number of furan rings is 1. The van der Waals surface area contributed by atoms with Crippen LogP contribution in [0.4, 0.5) is 0 Å². The van der Waals surface area contributed by atoms with Gasteiger partial charge in [-0.25, -0.2) is 0 Å². The number of carbonyl (C=O) groups excluding carboxylic acids is 1. The minimum atomic E-state index is -0.868. The Hall–Kier alpha value is -1.85. The molecule has 1 saturated heterocycles. The molecule has 0 radical (unpaired) electrons. The van der Waals surface area contributed by atoms with E-state index in [1.807, 2.05) is 18.2 Å². The minimum Gasteiger partial charge on any atom is -0.463 e. The van der Waals surface area contributed by atoms with Crippen molar-refractivity contribution in [1.82, 2.24) is 4.90 Å². The second-order valence-electron chi connectivity index (χ2n) is 4.49. The summed E-state index contributed by atoms with van der Waals surface area (Å²) in [5.41, 5.74) is 1.12. The van der Waals surface area contributed by atoms with Gasteiger partial charge >= 0.3 is 0 Å². The number of carbonyl (C=O) groups is 1. The summed E-state index contributed by atoms with van der Waals surface area (Å²) in [6.45, 7) is 0.305. The third kappa shape index (κ3) is 1.68. The van der Waals surface area contributed by atoms with Gasteiger partial charge in [-0.05, 0) is 6.07 Å². The third-order valence-corrected chi connectivity index (χ3v) is 3.26. The van der Waals surface area contributed by atoms with E-state index in [1.165, 1.54) is 11.2 Å². The van der Waals surface area contributed by atoms with Gasteiger partial charge in [0.2, 0.25) is 0 Å². The molecule has 5 heteroatoms. The maximum absolute atomic E-state index is 12.3. The van der Waals surface area contributed by atoms with Gasteiger partial charge in [0.25, 0.3) is 5.91 Å². The van der Waals surface area contributed by atoms with Gasteiger partial charge in [0.1, 0.15) is 11.8 Å². The van der Waals surface area contributed by atoms with Crippen LogP contribution in [-0.2, 0) is 0 Å². The van der Waals surface area contributed by atoms with Crippen molar-refractivity contribution in [3.8, 4) is 0 Å². The second kappa shape index (κ2) is 4.12. The van der Waals surface area contributed by atoms with Gasteiger partial charge in [-0.15, -0.1) is 0 Å². The number of para-hydroxylation sites is 1. The summed E-state index contributed by atoms with van der Waals surface area (Å²) >= 11 is 0. The number of β-amino-alcohol motifs (C(OH)–C–C–N with tert-alkyl or cyclic N) is 2. The van der Waals surface area contributed by atoms with E-state index in [4.69, 9.17) is 4.42 Å². The molecule has 18 heavy (non-hydrogen) atoms. The van der Waals surface area contributed by atoms with Crippen LogP contribution < -0.4 is 0 Å². The molecule has 94 valence electrons.